The van der Waals surface area contributed by atoms with Crippen molar-refractivity contribution in [3.63, 3.8) is 0 Å². The monoisotopic (exact) mass is 446 g/mol. The molecule has 0 aliphatic heterocycles. The predicted octanol–water partition coefficient (Wildman–Crippen LogP) is -1.59. The third kappa shape index (κ3) is 9.75. The van der Waals surface area contributed by atoms with Crippen LogP contribution in [0.1, 0.15) is 47.5 Å². The first-order chi connectivity index (χ1) is 14.2. The number of rotatable bonds is 13. The summed E-state index contributed by atoms with van der Waals surface area (Å²) >= 11 is 0. The molecule has 0 heterocycles. The zero-order valence-corrected chi connectivity index (χ0v) is 18.4. The van der Waals surface area contributed by atoms with Crippen molar-refractivity contribution in [2.24, 2.45) is 17.6 Å². The third-order valence-corrected chi connectivity index (χ3v) is 4.58. The predicted molar refractivity (Wildman–Crippen MR) is 110 cm³/mol. The zero-order valence-electron chi connectivity index (χ0n) is 18.4. The molecule has 0 bridgehead atoms. The van der Waals surface area contributed by atoms with Gasteiger partial charge in [0, 0.05) is 6.42 Å². The van der Waals surface area contributed by atoms with Crippen molar-refractivity contribution in [1.29, 1.82) is 0 Å². The number of nitrogens with one attached hydrogen (secondary N) is 3. The van der Waals surface area contributed by atoms with Crippen molar-refractivity contribution >= 4 is 29.7 Å². The second kappa shape index (κ2) is 12.8. The molecule has 0 aromatic carbocycles. The van der Waals surface area contributed by atoms with Gasteiger partial charge in [-0.15, -0.1) is 0 Å². The van der Waals surface area contributed by atoms with Gasteiger partial charge < -0.3 is 37.0 Å². The number of hydrogen-bond donors (Lipinski definition) is 7. The van der Waals surface area contributed by atoms with E-state index in [4.69, 9.17) is 10.8 Å². The first kappa shape index (κ1) is 28.3. The minimum Gasteiger partial charge on any atom is -0.481 e. The number of amides is 3. The average molecular weight is 447 g/mol. The Morgan fingerprint density at radius 3 is 1.65 bits per heavy atom. The van der Waals surface area contributed by atoms with E-state index in [1.54, 1.807) is 27.7 Å². The molecule has 5 atom stereocenters. The van der Waals surface area contributed by atoms with Crippen LogP contribution in [-0.4, -0.2) is 75.3 Å². The van der Waals surface area contributed by atoms with Gasteiger partial charge in [0.15, 0.2) is 0 Å². The summed E-state index contributed by atoms with van der Waals surface area (Å²) in [5, 5.41) is 34.7. The quantitative estimate of drug-likeness (QED) is 0.174. The Kier molecular flexibility index (Phi) is 11.7. The van der Waals surface area contributed by atoms with Crippen molar-refractivity contribution in [1.82, 2.24) is 16.0 Å². The fraction of sp³-hybridized carbons (Fsp3) is 0.737. The lowest BCUT2D eigenvalue weighted by molar-refractivity contribution is -0.144. The number of nitrogens with two attached hydrogens (primary N) is 1. The summed E-state index contributed by atoms with van der Waals surface area (Å²) in [7, 11) is 0. The van der Waals surface area contributed by atoms with Gasteiger partial charge in [0.1, 0.15) is 24.2 Å². The molecule has 0 fully saturated rings. The maximum absolute atomic E-state index is 12.7. The second-order valence-corrected chi connectivity index (χ2v) is 8.06. The highest BCUT2D eigenvalue weighted by Crippen LogP contribution is 2.08. The van der Waals surface area contributed by atoms with E-state index in [0.29, 0.717) is 0 Å². The number of aliphatic hydroxyl groups excluding tert-OH is 1. The largest absolute Gasteiger partial charge is 0.481 e. The van der Waals surface area contributed by atoms with Crippen molar-refractivity contribution < 1.29 is 39.3 Å². The van der Waals surface area contributed by atoms with Crippen molar-refractivity contribution in [2.75, 3.05) is 0 Å². The van der Waals surface area contributed by atoms with Crippen molar-refractivity contribution in [3.8, 4) is 0 Å². The Morgan fingerprint density at radius 2 is 1.26 bits per heavy atom. The molecule has 0 rings (SSSR count). The minimum absolute atomic E-state index is 0.282. The van der Waals surface area contributed by atoms with Crippen LogP contribution in [-0.2, 0) is 24.0 Å². The van der Waals surface area contributed by atoms with E-state index in [1.807, 2.05) is 0 Å². The van der Waals surface area contributed by atoms with Crippen LogP contribution in [0.3, 0.4) is 0 Å². The van der Waals surface area contributed by atoms with Gasteiger partial charge in [-0.25, -0.2) is 4.79 Å². The molecule has 0 aromatic rings. The lowest BCUT2D eigenvalue weighted by atomic mass is 9.99. The topological polar surface area (TPSA) is 208 Å². The summed E-state index contributed by atoms with van der Waals surface area (Å²) in [5.41, 5.74) is 5.54. The third-order valence-electron chi connectivity index (χ3n) is 4.58. The Hall–Kier alpha value is -2.73. The van der Waals surface area contributed by atoms with Gasteiger partial charge in [0.05, 0.1) is 6.10 Å². The maximum Gasteiger partial charge on any atom is 0.326 e. The Balaban J connectivity index is 5.49. The van der Waals surface area contributed by atoms with Crippen molar-refractivity contribution in [3.05, 3.63) is 0 Å². The van der Waals surface area contributed by atoms with E-state index in [9.17, 15) is 34.2 Å². The SMILES string of the molecule is CC(C)C(NC(=O)C(NC(=O)C(CCC(=O)O)NC(=O)C(N)C(C)O)C(C)C)C(=O)O. The highest BCUT2D eigenvalue weighted by atomic mass is 16.4. The first-order valence-corrected chi connectivity index (χ1v) is 9.98. The molecule has 12 heteroatoms. The first-order valence-electron chi connectivity index (χ1n) is 9.98. The maximum atomic E-state index is 12.7. The number of carbonyl (C=O) groups excluding carboxylic acids is 3. The van der Waals surface area contributed by atoms with Gasteiger partial charge in [-0.05, 0) is 25.2 Å². The highest BCUT2D eigenvalue weighted by molar-refractivity contribution is 5.94. The fourth-order valence-electron chi connectivity index (χ4n) is 2.57. The van der Waals surface area contributed by atoms with Crippen LogP contribution in [0.15, 0.2) is 0 Å². The van der Waals surface area contributed by atoms with E-state index in [-0.39, 0.29) is 6.42 Å². The molecule has 3 amide bonds. The summed E-state index contributed by atoms with van der Waals surface area (Å²) in [4.78, 5) is 59.8. The van der Waals surface area contributed by atoms with Crippen LogP contribution >= 0.6 is 0 Å². The van der Waals surface area contributed by atoms with Crippen LogP contribution in [0.25, 0.3) is 0 Å². The van der Waals surface area contributed by atoms with E-state index in [0.717, 1.165) is 0 Å². The summed E-state index contributed by atoms with van der Waals surface area (Å²) in [6, 6.07) is -4.98. The van der Waals surface area contributed by atoms with Gasteiger partial charge in [-0.2, -0.15) is 0 Å². The molecule has 8 N–H and O–H groups in total. The Labute approximate surface area is 180 Å². The Bertz CT molecular complexity index is 665. The summed E-state index contributed by atoms with van der Waals surface area (Å²) in [6.07, 6.45) is -1.94. The fourth-order valence-corrected chi connectivity index (χ4v) is 2.57. The molecule has 0 spiro atoms. The van der Waals surface area contributed by atoms with Gasteiger partial charge >= 0.3 is 11.9 Å². The number of aliphatic hydroxyl groups is 1. The van der Waals surface area contributed by atoms with Gasteiger partial charge in [0.2, 0.25) is 17.7 Å². The van der Waals surface area contributed by atoms with Gasteiger partial charge in [-0.1, -0.05) is 27.7 Å². The van der Waals surface area contributed by atoms with E-state index in [2.05, 4.69) is 16.0 Å². The molecular formula is C19H34N4O8. The van der Waals surface area contributed by atoms with Crippen LogP contribution in [0.5, 0.6) is 0 Å². The van der Waals surface area contributed by atoms with Crippen LogP contribution in [0, 0.1) is 11.8 Å². The van der Waals surface area contributed by atoms with E-state index < -0.39 is 78.2 Å². The number of carboxylic acids is 2. The standard InChI is InChI=1S/C19H34N4O8/c1-8(2)14(18(29)23-15(9(3)4)19(30)31)22-16(27)11(6-7-12(25)26)21-17(28)13(20)10(5)24/h8-11,13-15,24H,6-7,20H2,1-5H3,(H,21,28)(H,22,27)(H,23,29)(H,25,26)(H,30,31). The molecule has 0 aromatic heterocycles. The molecule has 0 aliphatic carbocycles. The summed E-state index contributed by atoms with van der Waals surface area (Å²) in [6.45, 7) is 7.77. The average Bonchev–Trinajstić information content (AvgIpc) is 2.64. The molecule has 0 radical (unpaired) electrons. The molecule has 12 nitrogen and oxygen atoms in total. The molecule has 0 saturated carbocycles. The number of carboxylic acid groups (broad SMARTS) is 2. The van der Waals surface area contributed by atoms with Crippen molar-refractivity contribution in [2.45, 2.75) is 77.7 Å². The smallest absolute Gasteiger partial charge is 0.326 e. The lowest BCUT2D eigenvalue weighted by Gasteiger charge is -2.28. The molecule has 31 heavy (non-hydrogen) atoms. The lowest BCUT2D eigenvalue weighted by Crippen LogP contribution is -2.59. The second-order valence-electron chi connectivity index (χ2n) is 8.06. The van der Waals surface area contributed by atoms with E-state index in [1.165, 1.54) is 6.92 Å². The molecule has 0 aliphatic rings. The van der Waals surface area contributed by atoms with Crippen LogP contribution in [0.4, 0.5) is 0 Å². The number of carbonyl (C=O) groups is 5. The normalized spacial score (nSPS) is 16.0. The van der Waals surface area contributed by atoms with Gasteiger partial charge in [-0.3, -0.25) is 19.2 Å². The molecule has 178 valence electrons. The zero-order chi connectivity index (χ0) is 24.5. The summed E-state index contributed by atoms with van der Waals surface area (Å²) in [5.74, 6) is -5.71. The molecule has 5 unspecified atom stereocenters. The van der Waals surface area contributed by atoms with Crippen LogP contribution < -0.4 is 21.7 Å². The molecular weight excluding hydrogens is 412 g/mol. The van der Waals surface area contributed by atoms with Gasteiger partial charge in [0.25, 0.3) is 0 Å². The molecule has 0 saturated heterocycles. The summed E-state index contributed by atoms with van der Waals surface area (Å²) < 4.78 is 0. The minimum atomic E-state index is -1.34. The number of hydrogen-bond acceptors (Lipinski definition) is 7. The highest BCUT2D eigenvalue weighted by Gasteiger charge is 2.33. The van der Waals surface area contributed by atoms with E-state index >= 15 is 0 Å². The number of aliphatic carboxylic acids is 2. The van der Waals surface area contributed by atoms with Crippen LogP contribution in [0.2, 0.25) is 0 Å². The Morgan fingerprint density at radius 1 is 0.774 bits per heavy atom.